The normalized spacial score (nSPS) is 25.3. The van der Waals surface area contributed by atoms with E-state index in [0.29, 0.717) is 13.2 Å². The van der Waals surface area contributed by atoms with Gasteiger partial charge in [-0.15, -0.1) is 0 Å². The summed E-state index contributed by atoms with van der Waals surface area (Å²) in [5.74, 6) is 0. The van der Waals surface area contributed by atoms with Gasteiger partial charge in [-0.25, -0.2) is 8.78 Å². The van der Waals surface area contributed by atoms with Crippen LogP contribution in [0.1, 0.15) is 33.6 Å². The van der Waals surface area contributed by atoms with Gasteiger partial charge in [0.1, 0.15) is 0 Å². The van der Waals surface area contributed by atoms with Gasteiger partial charge in [-0.1, -0.05) is 0 Å². The molecule has 1 saturated heterocycles. The van der Waals surface area contributed by atoms with E-state index >= 15 is 0 Å². The Bertz CT molecular complexity index is 261. The van der Waals surface area contributed by atoms with Crippen molar-refractivity contribution in [2.24, 2.45) is 5.41 Å². The van der Waals surface area contributed by atoms with Gasteiger partial charge >= 0.3 is 0 Å². The van der Waals surface area contributed by atoms with E-state index in [4.69, 9.17) is 4.74 Å². The van der Waals surface area contributed by atoms with Crippen molar-refractivity contribution in [3.8, 4) is 0 Å². The summed E-state index contributed by atoms with van der Waals surface area (Å²) in [5.41, 5.74) is -0.0130. The lowest BCUT2D eigenvalue weighted by Crippen LogP contribution is -2.52. The van der Waals surface area contributed by atoms with E-state index in [9.17, 15) is 8.78 Å². The maximum Gasteiger partial charge on any atom is 0.251 e. The third-order valence-electron chi connectivity index (χ3n) is 3.45. The quantitative estimate of drug-likeness (QED) is 0.807. The van der Waals surface area contributed by atoms with Crippen molar-refractivity contribution in [1.29, 1.82) is 0 Å². The Morgan fingerprint density at radius 1 is 1.37 bits per heavy atom. The molecule has 1 fully saturated rings. The molecular formula is C14H28F2N2O. The molecule has 5 heteroatoms. The summed E-state index contributed by atoms with van der Waals surface area (Å²) < 4.78 is 30.5. The molecule has 1 heterocycles. The molecule has 19 heavy (non-hydrogen) atoms. The summed E-state index contributed by atoms with van der Waals surface area (Å²) in [4.78, 5) is 1.73. The number of nitrogens with zero attached hydrogens (tertiary/aromatic N) is 1. The van der Waals surface area contributed by atoms with Crippen LogP contribution in [-0.2, 0) is 4.74 Å². The molecule has 0 spiro atoms. The Kier molecular flexibility index (Phi) is 6.15. The first-order valence-electron chi connectivity index (χ1n) is 7.02. The Labute approximate surface area is 115 Å². The first-order valence-corrected chi connectivity index (χ1v) is 7.02. The molecule has 0 saturated carbocycles. The molecule has 114 valence electrons. The summed E-state index contributed by atoms with van der Waals surface area (Å²) in [6.07, 6.45) is -0.236. The lowest BCUT2D eigenvalue weighted by atomic mass is 9.81. The maximum absolute atomic E-state index is 12.5. The average molecular weight is 278 g/mol. The number of halogens is 2. The molecule has 1 atom stereocenters. The molecule has 0 aromatic carbocycles. The van der Waals surface area contributed by atoms with Crippen molar-refractivity contribution in [3.05, 3.63) is 0 Å². The second-order valence-corrected chi connectivity index (χ2v) is 6.85. The van der Waals surface area contributed by atoms with E-state index in [1.54, 1.807) is 11.9 Å². The fourth-order valence-corrected chi connectivity index (χ4v) is 2.56. The topological polar surface area (TPSA) is 24.5 Å². The van der Waals surface area contributed by atoms with Crippen LogP contribution in [0.2, 0.25) is 0 Å². The summed E-state index contributed by atoms with van der Waals surface area (Å²) in [6, 6.07) is 0. The van der Waals surface area contributed by atoms with Gasteiger partial charge in [0.05, 0.1) is 13.2 Å². The minimum Gasteiger partial charge on any atom is -0.381 e. The highest BCUT2D eigenvalue weighted by Gasteiger charge is 2.35. The van der Waals surface area contributed by atoms with E-state index in [0.717, 1.165) is 26.0 Å². The van der Waals surface area contributed by atoms with Crippen LogP contribution in [0.15, 0.2) is 0 Å². The zero-order chi connectivity index (χ0) is 14.5. The Hall–Kier alpha value is -0.260. The molecule has 1 aliphatic heterocycles. The number of alkyl halides is 2. The number of hydrogen-bond donors (Lipinski definition) is 1. The molecule has 1 N–H and O–H groups in total. The molecule has 1 rings (SSSR count). The second-order valence-electron chi connectivity index (χ2n) is 6.85. The van der Waals surface area contributed by atoms with Crippen LogP contribution in [0.25, 0.3) is 0 Å². The predicted octanol–water partition coefficient (Wildman–Crippen LogP) is 2.37. The van der Waals surface area contributed by atoms with E-state index < -0.39 is 6.43 Å². The van der Waals surface area contributed by atoms with Gasteiger partial charge in [-0.05, 0) is 40.7 Å². The molecule has 0 radical (unpaired) electrons. The Morgan fingerprint density at radius 2 is 2.05 bits per heavy atom. The van der Waals surface area contributed by atoms with E-state index in [1.807, 2.05) is 0 Å². The van der Waals surface area contributed by atoms with Gasteiger partial charge in [-0.2, -0.15) is 0 Å². The molecule has 0 amide bonds. The van der Waals surface area contributed by atoms with Crippen LogP contribution in [0.4, 0.5) is 8.78 Å². The van der Waals surface area contributed by atoms with Crippen LogP contribution in [0.5, 0.6) is 0 Å². The van der Waals surface area contributed by atoms with Crippen LogP contribution >= 0.6 is 0 Å². The SMILES string of the molecule is CN(CC(F)F)CC1(CNC(C)(C)C)CCCOC1. The summed E-state index contributed by atoms with van der Waals surface area (Å²) in [7, 11) is 1.76. The van der Waals surface area contributed by atoms with E-state index in [2.05, 4.69) is 26.1 Å². The summed E-state index contributed by atoms with van der Waals surface area (Å²) in [5, 5.41) is 3.50. The molecular weight excluding hydrogens is 250 g/mol. The molecule has 0 bridgehead atoms. The minimum absolute atomic E-state index is 0.0335. The molecule has 0 aliphatic carbocycles. The number of rotatable bonds is 6. The highest BCUT2D eigenvalue weighted by Crippen LogP contribution is 2.29. The van der Waals surface area contributed by atoms with Gasteiger partial charge in [0, 0.05) is 30.7 Å². The molecule has 0 aromatic heterocycles. The molecule has 1 unspecified atom stereocenters. The van der Waals surface area contributed by atoms with E-state index in [-0.39, 0.29) is 17.5 Å². The first-order chi connectivity index (χ1) is 8.72. The predicted molar refractivity (Wildman–Crippen MR) is 73.7 cm³/mol. The average Bonchev–Trinajstić information content (AvgIpc) is 2.25. The van der Waals surface area contributed by atoms with Crippen molar-refractivity contribution in [1.82, 2.24) is 10.2 Å². The van der Waals surface area contributed by atoms with Crippen LogP contribution < -0.4 is 5.32 Å². The van der Waals surface area contributed by atoms with Crippen molar-refractivity contribution in [2.45, 2.75) is 45.6 Å². The van der Waals surface area contributed by atoms with Gasteiger partial charge < -0.3 is 15.0 Å². The highest BCUT2D eigenvalue weighted by molar-refractivity contribution is 4.89. The summed E-state index contributed by atoms with van der Waals surface area (Å²) in [6.45, 7) is 9.09. The number of hydrogen-bond acceptors (Lipinski definition) is 3. The minimum atomic E-state index is -2.28. The van der Waals surface area contributed by atoms with Crippen molar-refractivity contribution < 1.29 is 13.5 Å². The summed E-state index contributed by atoms with van der Waals surface area (Å²) >= 11 is 0. The second kappa shape index (κ2) is 6.95. The van der Waals surface area contributed by atoms with Crippen LogP contribution in [-0.4, -0.2) is 56.8 Å². The van der Waals surface area contributed by atoms with Gasteiger partial charge in [-0.3, -0.25) is 0 Å². The molecule has 0 aromatic rings. The first kappa shape index (κ1) is 16.8. The standard InChI is InChI=1S/C14H28F2N2O/c1-13(2,3)17-9-14(6-5-7-19-11-14)10-18(4)8-12(15)16/h12,17H,5-11H2,1-4H3. The largest absolute Gasteiger partial charge is 0.381 e. The maximum atomic E-state index is 12.5. The third-order valence-corrected chi connectivity index (χ3v) is 3.45. The zero-order valence-corrected chi connectivity index (χ0v) is 12.6. The zero-order valence-electron chi connectivity index (χ0n) is 12.6. The van der Waals surface area contributed by atoms with Crippen molar-refractivity contribution in [3.63, 3.8) is 0 Å². The lowest BCUT2D eigenvalue weighted by Gasteiger charge is -2.41. The van der Waals surface area contributed by atoms with Crippen LogP contribution in [0.3, 0.4) is 0 Å². The van der Waals surface area contributed by atoms with Gasteiger partial charge in [0.25, 0.3) is 6.43 Å². The Morgan fingerprint density at radius 3 is 2.53 bits per heavy atom. The fourth-order valence-electron chi connectivity index (χ4n) is 2.56. The van der Waals surface area contributed by atoms with Crippen molar-refractivity contribution in [2.75, 3.05) is 39.9 Å². The third kappa shape index (κ3) is 6.63. The smallest absolute Gasteiger partial charge is 0.251 e. The molecule has 3 nitrogen and oxygen atoms in total. The monoisotopic (exact) mass is 278 g/mol. The van der Waals surface area contributed by atoms with Gasteiger partial charge in [0.2, 0.25) is 0 Å². The number of nitrogens with one attached hydrogen (secondary N) is 1. The van der Waals surface area contributed by atoms with E-state index in [1.165, 1.54) is 0 Å². The number of ether oxygens (including phenoxy) is 1. The van der Waals surface area contributed by atoms with Crippen LogP contribution in [0, 0.1) is 5.41 Å². The highest BCUT2D eigenvalue weighted by atomic mass is 19.3. The lowest BCUT2D eigenvalue weighted by molar-refractivity contribution is -0.0319. The molecule has 1 aliphatic rings. The fraction of sp³-hybridized carbons (Fsp3) is 1.00. The van der Waals surface area contributed by atoms with Crippen molar-refractivity contribution >= 4 is 0 Å². The Balaban J connectivity index is 2.59. The van der Waals surface area contributed by atoms with Gasteiger partial charge in [0.15, 0.2) is 0 Å².